The SMILES string of the molecule is CNC1(CC(=O)O)CCC(C)C(C)C1. The minimum atomic E-state index is -0.693. The van der Waals surface area contributed by atoms with E-state index in [0.29, 0.717) is 5.92 Å². The third kappa shape index (κ3) is 2.47. The van der Waals surface area contributed by atoms with Crippen LogP contribution < -0.4 is 5.32 Å². The molecule has 3 unspecified atom stereocenters. The van der Waals surface area contributed by atoms with Gasteiger partial charge in [0.25, 0.3) is 0 Å². The van der Waals surface area contributed by atoms with E-state index >= 15 is 0 Å². The molecule has 1 rings (SSSR count). The van der Waals surface area contributed by atoms with Gasteiger partial charge in [-0.2, -0.15) is 0 Å². The topological polar surface area (TPSA) is 49.3 Å². The first kappa shape index (κ1) is 11.5. The van der Waals surface area contributed by atoms with Gasteiger partial charge in [0.15, 0.2) is 0 Å². The van der Waals surface area contributed by atoms with Crippen LogP contribution in [0.3, 0.4) is 0 Å². The lowest BCUT2D eigenvalue weighted by Gasteiger charge is -2.42. The molecule has 14 heavy (non-hydrogen) atoms. The first-order valence-electron chi connectivity index (χ1n) is 5.40. The fourth-order valence-corrected chi connectivity index (χ4v) is 2.47. The molecule has 0 spiro atoms. The second kappa shape index (κ2) is 4.30. The van der Waals surface area contributed by atoms with Crippen LogP contribution in [-0.4, -0.2) is 23.7 Å². The molecule has 3 heteroatoms. The fourth-order valence-electron chi connectivity index (χ4n) is 2.47. The summed E-state index contributed by atoms with van der Waals surface area (Å²) in [5.74, 6) is 0.655. The maximum Gasteiger partial charge on any atom is 0.305 e. The van der Waals surface area contributed by atoms with E-state index in [-0.39, 0.29) is 12.0 Å². The molecule has 3 atom stereocenters. The van der Waals surface area contributed by atoms with E-state index in [1.807, 2.05) is 7.05 Å². The van der Waals surface area contributed by atoms with Crippen LogP contribution in [-0.2, 0) is 4.79 Å². The zero-order valence-corrected chi connectivity index (χ0v) is 9.34. The Kier molecular flexibility index (Phi) is 3.53. The van der Waals surface area contributed by atoms with Gasteiger partial charge in [0.2, 0.25) is 0 Å². The zero-order valence-electron chi connectivity index (χ0n) is 9.34. The average molecular weight is 199 g/mol. The number of hydrogen-bond donors (Lipinski definition) is 2. The summed E-state index contributed by atoms with van der Waals surface area (Å²) in [6.45, 7) is 4.47. The fraction of sp³-hybridized carbons (Fsp3) is 0.909. The van der Waals surface area contributed by atoms with Gasteiger partial charge in [-0.25, -0.2) is 0 Å². The molecule has 82 valence electrons. The van der Waals surface area contributed by atoms with Crippen LogP contribution in [0.4, 0.5) is 0 Å². The Morgan fingerprint density at radius 2 is 2.14 bits per heavy atom. The minimum absolute atomic E-state index is 0.155. The maximum absolute atomic E-state index is 10.8. The van der Waals surface area contributed by atoms with Gasteiger partial charge in [-0.05, 0) is 38.1 Å². The number of aliphatic carboxylic acids is 1. The Labute approximate surface area is 85.9 Å². The van der Waals surface area contributed by atoms with E-state index in [1.54, 1.807) is 0 Å². The smallest absolute Gasteiger partial charge is 0.305 e. The average Bonchev–Trinajstić information content (AvgIpc) is 2.11. The van der Waals surface area contributed by atoms with Gasteiger partial charge < -0.3 is 10.4 Å². The predicted octanol–water partition coefficient (Wildman–Crippen LogP) is 1.88. The highest BCUT2D eigenvalue weighted by Gasteiger charge is 2.37. The van der Waals surface area contributed by atoms with Crippen LogP contribution in [0.15, 0.2) is 0 Å². The summed E-state index contributed by atoms with van der Waals surface area (Å²) >= 11 is 0. The second-order valence-electron chi connectivity index (χ2n) is 4.80. The van der Waals surface area contributed by atoms with Crippen LogP contribution in [0, 0.1) is 11.8 Å². The van der Waals surface area contributed by atoms with Crippen LogP contribution >= 0.6 is 0 Å². The van der Waals surface area contributed by atoms with Crippen molar-refractivity contribution in [3.63, 3.8) is 0 Å². The molecule has 1 aliphatic carbocycles. The van der Waals surface area contributed by atoms with Crippen LogP contribution in [0.2, 0.25) is 0 Å². The second-order valence-corrected chi connectivity index (χ2v) is 4.80. The lowest BCUT2D eigenvalue weighted by molar-refractivity contribution is -0.139. The number of hydrogen-bond acceptors (Lipinski definition) is 2. The predicted molar refractivity (Wildman–Crippen MR) is 56.2 cm³/mol. The van der Waals surface area contributed by atoms with E-state index in [1.165, 1.54) is 0 Å². The van der Waals surface area contributed by atoms with Crippen molar-refractivity contribution in [3.8, 4) is 0 Å². The summed E-state index contributed by atoms with van der Waals surface area (Å²) in [6.07, 6.45) is 3.36. The highest BCUT2D eigenvalue weighted by Crippen LogP contribution is 2.37. The molecular formula is C11H21NO2. The standard InChI is InChI=1S/C11H21NO2/c1-8-4-5-11(12-3,6-9(8)2)7-10(13)14/h8-9,12H,4-7H2,1-3H3,(H,13,14). The van der Waals surface area contributed by atoms with Gasteiger partial charge >= 0.3 is 5.97 Å². The lowest BCUT2D eigenvalue weighted by Crippen LogP contribution is -2.49. The molecule has 0 amide bonds. The van der Waals surface area contributed by atoms with E-state index in [9.17, 15) is 4.79 Å². The van der Waals surface area contributed by atoms with Crippen LogP contribution in [0.1, 0.15) is 39.5 Å². The maximum atomic E-state index is 10.8. The van der Waals surface area contributed by atoms with Crippen molar-refractivity contribution < 1.29 is 9.90 Å². The summed E-state index contributed by atoms with van der Waals surface area (Å²) in [5.41, 5.74) is -0.155. The van der Waals surface area contributed by atoms with Gasteiger partial charge in [0.1, 0.15) is 0 Å². The van der Waals surface area contributed by atoms with E-state index in [4.69, 9.17) is 5.11 Å². The molecule has 2 N–H and O–H groups in total. The molecule has 0 heterocycles. The molecule has 0 radical (unpaired) electrons. The Morgan fingerprint density at radius 1 is 1.50 bits per heavy atom. The molecule has 1 saturated carbocycles. The number of rotatable bonds is 3. The third-order valence-corrected chi connectivity index (χ3v) is 3.78. The summed E-state index contributed by atoms with van der Waals surface area (Å²) in [4.78, 5) is 10.8. The van der Waals surface area contributed by atoms with Crippen molar-refractivity contribution >= 4 is 5.97 Å². The summed E-state index contributed by atoms with van der Waals surface area (Å²) in [7, 11) is 1.88. The highest BCUT2D eigenvalue weighted by molar-refractivity contribution is 5.68. The Morgan fingerprint density at radius 3 is 2.57 bits per heavy atom. The molecule has 0 saturated heterocycles. The van der Waals surface area contributed by atoms with Crippen molar-refractivity contribution in [2.45, 2.75) is 45.1 Å². The quantitative estimate of drug-likeness (QED) is 0.729. The Balaban J connectivity index is 2.66. The summed E-state index contributed by atoms with van der Waals surface area (Å²) < 4.78 is 0. The van der Waals surface area contributed by atoms with Gasteiger partial charge in [0.05, 0.1) is 6.42 Å². The van der Waals surface area contributed by atoms with Crippen molar-refractivity contribution in [1.82, 2.24) is 5.32 Å². The lowest BCUT2D eigenvalue weighted by atomic mass is 9.70. The molecule has 1 aliphatic rings. The van der Waals surface area contributed by atoms with Gasteiger partial charge in [-0.3, -0.25) is 4.79 Å². The molecular weight excluding hydrogens is 178 g/mol. The molecule has 0 bridgehead atoms. The normalized spacial score (nSPS) is 38.2. The molecule has 0 aromatic heterocycles. The van der Waals surface area contributed by atoms with Gasteiger partial charge in [-0.1, -0.05) is 13.8 Å². The van der Waals surface area contributed by atoms with Gasteiger partial charge in [-0.15, -0.1) is 0 Å². The van der Waals surface area contributed by atoms with Crippen molar-refractivity contribution in [2.24, 2.45) is 11.8 Å². The molecule has 3 nitrogen and oxygen atoms in total. The molecule has 0 aromatic carbocycles. The number of nitrogens with one attached hydrogen (secondary N) is 1. The van der Waals surface area contributed by atoms with Crippen molar-refractivity contribution in [3.05, 3.63) is 0 Å². The Bertz CT molecular complexity index is 217. The van der Waals surface area contributed by atoms with Crippen molar-refractivity contribution in [2.75, 3.05) is 7.05 Å². The van der Waals surface area contributed by atoms with Crippen LogP contribution in [0.5, 0.6) is 0 Å². The van der Waals surface area contributed by atoms with Crippen LogP contribution in [0.25, 0.3) is 0 Å². The monoisotopic (exact) mass is 199 g/mol. The number of carboxylic acids is 1. The largest absolute Gasteiger partial charge is 0.481 e. The summed E-state index contributed by atoms with van der Waals surface area (Å²) in [5, 5.41) is 12.1. The highest BCUT2D eigenvalue weighted by atomic mass is 16.4. The number of carbonyl (C=O) groups is 1. The summed E-state index contributed by atoms with van der Waals surface area (Å²) in [6, 6.07) is 0. The molecule has 0 aromatic rings. The zero-order chi connectivity index (χ0) is 10.8. The van der Waals surface area contributed by atoms with E-state index in [2.05, 4.69) is 19.2 Å². The molecule has 0 aliphatic heterocycles. The van der Waals surface area contributed by atoms with Gasteiger partial charge in [0, 0.05) is 5.54 Å². The van der Waals surface area contributed by atoms with E-state index in [0.717, 1.165) is 25.2 Å². The number of carboxylic acid groups (broad SMARTS) is 1. The van der Waals surface area contributed by atoms with E-state index < -0.39 is 5.97 Å². The van der Waals surface area contributed by atoms with Crippen molar-refractivity contribution in [1.29, 1.82) is 0 Å². The minimum Gasteiger partial charge on any atom is -0.481 e. The first-order chi connectivity index (χ1) is 6.49. The Hall–Kier alpha value is -0.570. The molecule has 1 fully saturated rings. The first-order valence-corrected chi connectivity index (χ1v) is 5.40. The third-order valence-electron chi connectivity index (χ3n) is 3.78.